The van der Waals surface area contributed by atoms with E-state index in [1.807, 2.05) is 0 Å². The molecule has 1 N–H and O–H groups in total. The third-order valence-electron chi connectivity index (χ3n) is 5.86. The number of fused-ring (bicyclic) bond motifs is 1. The first kappa shape index (κ1) is 24.5. The maximum atomic E-state index is 13.4. The Morgan fingerprint density at radius 3 is 2.66 bits per heavy atom. The van der Waals surface area contributed by atoms with Crippen molar-refractivity contribution in [3.05, 3.63) is 59.0 Å². The highest BCUT2D eigenvalue weighted by Crippen LogP contribution is 2.36. The average molecular weight is 497 g/mol. The number of aliphatic hydroxyl groups excluding tert-OH is 1. The van der Waals surface area contributed by atoms with Crippen LogP contribution >= 0.6 is 0 Å². The first-order valence-corrected chi connectivity index (χ1v) is 10.5. The molecule has 0 saturated carbocycles. The Balaban J connectivity index is 1.71. The standard InChI is InChI=1S/C22H20F5N5O3/c1-11-15(4-3-5-16(11)22(25,26)27)20(34)32-12(2)18-29-30-19(31(18)9-13(32)10-33)17-8-14(6-7-28-17)35-21(23)24/h3-8,12-13,21,33H,9-10H2,1-2H3. The zero-order chi connectivity index (χ0) is 25.5. The number of carbonyl (C=O) groups excluding carboxylic acids is 1. The molecule has 1 aromatic carbocycles. The molecule has 1 amide bonds. The van der Waals surface area contributed by atoms with Crippen LogP contribution < -0.4 is 4.74 Å². The smallest absolute Gasteiger partial charge is 0.416 e. The molecule has 0 aliphatic carbocycles. The minimum Gasteiger partial charge on any atom is -0.435 e. The van der Waals surface area contributed by atoms with Crippen molar-refractivity contribution in [1.29, 1.82) is 0 Å². The van der Waals surface area contributed by atoms with E-state index in [1.165, 1.54) is 36.2 Å². The molecule has 0 bridgehead atoms. The van der Waals surface area contributed by atoms with Gasteiger partial charge in [-0.15, -0.1) is 10.2 Å². The largest absolute Gasteiger partial charge is 0.435 e. The van der Waals surface area contributed by atoms with Crippen LogP contribution in [0.2, 0.25) is 0 Å². The molecule has 2 atom stereocenters. The average Bonchev–Trinajstić information content (AvgIpc) is 3.22. The van der Waals surface area contributed by atoms with E-state index in [9.17, 15) is 31.9 Å². The molecule has 0 spiro atoms. The van der Waals surface area contributed by atoms with Crippen LogP contribution in [0.15, 0.2) is 36.5 Å². The molecule has 1 aliphatic heterocycles. The van der Waals surface area contributed by atoms with Gasteiger partial charge in [0.1, 0.15) is 11.4 Å². The van der Waals surface area contributed by atoms with Crippen molar-refractivity contribution in [1.82, 2.24) is 24.6 Å². The van der Waals surface area contributed by atoms with Crippen molar-refractivity contribution in [2.45, 2.75) is 45.3 Å². The van der Waals surface area contributed by atoms with Crippen LogP contribution in [0.25, 0.3) is 11.5 Å². The van der Waals surface area contributed by atoms with Crippen LogP contribution in [0.1, 0.15) is 40.3 Å². The van der Waals surface area contributed by atoms with E-state index in [2.05, 4.69) is 19.9 Å². The Bertz CT molecular complexity index is 1250. The minimum atomic E-state index is -4.63. The van der Waals surface area contributed by atoms with E-state index in [1.54, 1.807) is 11.5 Å². The normalized spacial score (nSPS) is 18.0. The van der Waals surface area contributed by atoms with Gasteiger partial charge in [-0.2, -0.15) is 22.0 Å². The van der Waals surface area contributed by atoms with E-state index in [4.69, 9.17) is 0 Å². The van der Waals surface area contributed by atoms with Gasteiger partial charge in [-0.3, -0.25) is 9.78 Å². The Kier molecular flexibility index (Phi) is 6.45. The second-order valence-corrected chi connectivity index (χ2v) is 7.95. The van der Waals surface area contributed by atoms with Gasteiger partial charge in [-0.1, -0.05) is 6.07 Å². The molecule has 13 heteroatoms. The van der Waals surface area contributed by atoms with Crippen molar-refractivity contribution in [3.63, 3.8) is 0 Å². The van der Waals surface area contributed by atoms with Gasteiger partial charge in [0.05, 0.1) is 24.3 Å². The molecule has 3 aromatic rings. The van der Waals surface area contributed by atoms with Gasteiger partial charge in [-0.05, 0) is 37.6 Å². The first-order valence-electron chi connectivity index (χ1n) is 10.5. The lowest BCUT2D eigenvalue weighted by atomic mass is 9.98. The van der Waals surface area contributed by atoms with Crippen LogP contribution in [-0.4, -0.2) is 54.9 Å². The Hall–Kier alpha value is -3.61. The summed E-state index contributed by atoms with van der Waals surface area (Å²) < 4.78 is 71.3. The number of aromatic nitrogens is 4. The second kappa shape index (κ2) is 9.21. The number of ether oxygens (including phenoxy) is 1. The fraction of sp³-hybridized carbons (Fsp3) is 0.364. The number of amides is 1. The first-order chi connectivity index (χ1) is 16.5. The molecule has 2 unspecified atom stereocenters. The molecule has 2 aromatic heterocycles. The SMILES string of the molecule is Cc1c(C(=O)N2C(CO)Cn3c(-c4cc(OC(F)F)ccn4)nnc3C2C)cccc1C(F)(F)F. The number of hydrogen-bond donors (Lipinski definition) is 1. The summed E-state index contributed by atoms with van der Waals surface area (Å²) in [5.74, 6) is -0.333. The summed E-state index contributed by atoms with van der Waals surface area (Å²) in [7, 11) is 0. The number of carbonyl (C=O) groups is 1. The summed E-state index contributed by atoms with van der Waals surface area (Å²) in [5.41, 5.74) is -1.10. The predicted octanol–water partition coefficient (Wildman–Crippen LogP) is 3.85. The number of alkyl halides is 5. The van der Waals surface area contributed by atoms with E-state index in [0.717, 1.165) is 12.1 Å². The summed E-state index contributed by atoms with van der Waals surface area (Å²) in [6.45, 7) is -0.692. The van der Waals surface area contributed by atoms with Crippen LogP contribution in [0.3, 0.4) is 0 Å². The lowest BCUT2D eigenvalue weighted by Gasteiger charge is -2.40. The van der Waals surface area contributed by atoms with Gasteiger partial charge >= 0.3 is 12.8 Å². The van der Waals surface area contributed by atoms with Crippen molar-refractivity contribution in [2.24, 2.45) is 0 Å². The monoisotopic (exact) mass is 497 g/mol. The number of rotatable bonds is 5. The molecule has 8 nitrogen and oxygen atoms in total. The topological polar surface area (TPSA) is 93.4 Å². The van der Waals surface area contributed by atoms with Gasteiger partial charge in [0.2, 0.25) is 0 Å². The highest BCUT2D eigenvalue weighted by atomic mass is 19.4. The number of hydrogen-bond acceptors (Lipinski definition) is 6. The van der Waals surface area contributed by atoms with Crippen LogP contribution in [-0.2, 0) is 12.7 Å². The molecule has 186 valence electrons. The summed E-state index contributed by atoms with van der Waals surface area (Å²) in [5, 5.41) is 18.2. The molecule has 3 heterocycles. The summed E-state index contributed by atoms with van der Waals surface area (Å²) in [4.78, 5) is 18.8. The number of benzene rings is 1. The molecular formula is C22H20F5N5O3. The van der Waals surface area contributed by atoms with Crippen LogP contribution in [0, 0.1) is 6.92 Å². The van der Waals surface area contributed by atoms with E-state index < -0.39 is 42.9 Å². The summed E-state index contributed by atoms with van der Waals surface area (Å²) in [6, 6.07) is 4.27. The maximum absolute atomic E-state index is 13.4. The van der Waals surface area contributed by atoms with Gasteiger partial charge in [0.25, 0.3) is 5.91 Å². The second-order valence-electron chi connectivity index (χ2n) is 7.95. The van der Waals surface area contributed by atoms with E-state index in [0.29, 0.717) is 5.82 Å². The quantitative estimate of drug-likeness (QED) is 0.539. The Labute approximate surface area is 196 Å². The zero-order valence-electron chi connectivity index (χ0n) is 18.5. The summed E-state index contributed by atoms with van der Waals surface area (Å²) >= 11 is 0. The molecule has 0 radical (unpaired) electrons. The van der Waals surface area contributed by atoms with Crippen molar-refractivity contribution < 1.29 is 36.6 Å². The van der Waals surface area contributed by atoms with E-state index in [-0.39, 0.29) is 34.9 Å². The number of halogens is 5. The Morgan fingerprint density at radius 2 is 2.00 bits per heavy atom. The highest BCUT2D eigenvalue weighted by molar-refractivity contribution is 5.96. The lowest BCUT2D eigenvalue weighted by molar-refractivity contribution is -0.138. The lowest BCUT2D eigenvalue weighted by Crippen LogP contribution is -2.50. The number of pyridine rings is 1. The fourth-order valence-electron chi connectivity index (χ4n) is 4.24. The molecule has 0 fully saturated rings. The van der Waals surface area contributed by atoms with Crippen molar-refractivity contribution in [3.8, 4) is 17.3 Å². The van der Waals surface area contributed by atoms with Crippen molar-refractivity contribution in [2.75, 3.05) is 6.61 Å². The minimum absolute atomic E-state index is 0.00384. The zero-order valence-corrected chi connectivity index (χ0v) is 18.5. The van der Waals surface area contributed by atoms with Crippen LogP contribution in [0.5, 0.6) is 5.75 Å². The molecule has 1 aliphatic rings. The molecule has 4 rings (SSSR count). The fourth-order valence-corrected chi connectivity index (χ4v) is 4.24. The summed E-state index contributed by atoms with van der Waals surface area (Å²) in [6.07, 6.45) is -3.37. The number of aliphatic hydroxyl groups is 1. The molecule has 35 heavy (non-hydrogen) atoms. The Morgan fingerprint density at radius 1 is 1.26 bits per heavy atom. The van der Waals surface area contributed by atoms with Gasteiger partial charge in [0.15, 0.2) is 11.6 Å². The molecule has 0 saturated heterocycles. The third kappa shape index (κ3) is 4.55. The van der Waals surface area contributed by atoms with Gasteiger partial charge in [0, 0.05) is 24.4 Å². The maximum Gasteiger partial charge on any atom is 0.416 e. The highest BCUT2D eigenvalue weighted by Gasteiger charge is 2.40. The number of nitrogens with zero attached hydrogens (tertiary/aromatic N) is 5. The van der Waals surface area contributed by atoms with Gasteiger partial charge < -0.3 is 19.3 Å². The van der Waals surface area contributed by atoms with Crippen LogP contribution in [0.4, 0.5) is 22.0 Å². The third-order valence-corrected chi connectivity index (χ3v) is 5.86. The predicted molar refractivity (Wildman–Crippen MR) is 112 cm³/mol. The molecular weight excluding hydrogens is 477 g/mol. The van der Waals surface area contributed by atoms with Gasteiger partial charge in [-0.25, -0.2) is 0 Å². The van der Waals surface area contributed by atoms with Crippen molar-refractivity contribution >= 4 is 5.91 Å². The van der Waals surface area contributed by atoms with E-state index >= 15 is 0 Å².